The predicted molar refractivity (Wildman–Crippen MR) is 96.0 cm³/mol. The molecule has 1 aromatic heterocycles. The van der Waals surface area contributed by atoms with Crippen molar-refractivity contribution >= 4 is 30.6 Å². The second-order valence-electron chi connectivity index (χ2n) is 5.38. The Morgan fingerprint density at radius 2 is 1.27 bits per heavy atom. The summed E-state index contributed by atoms with van der Waals surface area (Å²) in [5.41, 5.74) is 1.22. The number of hydrogen-bond donors (Lipinski definition) is 0. The fourth-order valence-electron chi connectivity index (χ4n) is 3.00. The Hall–Kier alpha value is -2.16. The van der Waals surface area contributed by atoms with Crippen molar-refractivity contribution in [3.63, 3.8) is 0 Å². The van der Waals surface area contributed by atoms with E-state index in [0.29, 0.717) is 6.61 Å². The van der Waals surface area contributed by atoms with E-state index >= 15 is 0 Å². The van der Waals surface area contributed by atoms with Crippen LogP contribution < -0.4 is 0 Å². The van der Waals surface area contributed by atoms with Gasteiger partial charge in [-0.1, -0.05) is 36.4 Å². The van der Waals surface area contributed by atoms with Gasteiger partial charge in [0.15, 0.2) is 14.3 Å². The number of thiophene rings is 1. The predicted octanol–water partition coefficient (Wildman–Crippen LogP) is 5.88. The zero-order chi connectivity index (χ0) is 14.9. The van der Waals surface area contributed by atoms with Crippen LogP contribution in [0, 0.1) is 0 Å². The molecule has 4 aromatic rings. The van der Waals surface area contributed by atoms with Crippen LogP contribution in [0.4, 0.5) is 0 Å². The molecule has 1 nitrogen and oxygen atoms in total. The highest BCUT2D eigenvalue weighted by Gasteiger charge is 2.22. The maximum absolute atomic E-state index is 5.21. The van der Waals surface area contributed by atoms with Crippen molar-refractivity contribution in [2.24, 2.45) is 0 Å². The summed E-state index contributed by atoms with van der Waals surface area (Å²) in [5, 5.41) is 2.75. The van der Waals surface area contributed by atoms with Crippen LogP contribution in [-0.2, 0) is 11.3 Å². The third kappa shape index (κ3) is 2.12. The van der Waals surface area contributed by atoms with Crippen molar-refractivity contribution in [1.29, 1.82) is 0 Å². The largest absolute Gasteiger partial charge is 0.380 e. The van der Waals surface area contributed by atoms with E-state index in [1.807, 2.05) is 0 Å². The monoisotopic (exact) mass is 305 g/mol. The highest BCUT2D eigenvalue weighted by atomic mass is 32.2. The van der Waals surface area contributed by atoms with E-state index in [-0.39, 0.29) is 10.5 Å². The van der Waals surface area contributed by atoms with Crippen molar-refractivity contribution in [3.05, 3.63) is 78.4 Å². The smallest absolute Gasteiger partial charge is 0.187 e. The molecule has 0 spiro atoms. The average Bonchev–Trinajstić information content (AvgIpc) is 2.91. The first kappa shape index (κ1) is 13.5. The zero-order valence-corrected chi connectivity index (χ0v) is 13.3. The highest BCUT2D eigenvalue weighted by Crippen LogP contribution is 2.47. The molecule has 0 atom stereocenters. The lowest BCUT2D eigenvalue weighted by molar-refractivity contribution is 0.185. The summed E-state index contributed by atoms with van der Waals surface area (Å²) in [5.74, 6) is 0. The molecule has 0 radical (unpaired) electrons. The molecule has 0 aliphatic heterocycles. The molecule has 4 rings (SSSR count). The van der Waals surface area contributed by atoms with Crippen LogP contribution in [0.3, 0.4) is 0 Å². The fourth-order valence-corrected chi connectivity index (χ4v) is 5.37. The molecule has 1 heterocycles. The van der Waals surface area contributed by atoms with E-state index in [4.69, 9.17) is 4.74 Å². The van der Waals surface area contributed by atoms with Gasteiger partial charge in [0, 0.05) is 28.4 Å². The van der Waals surface area contributed by atoms with Gasteiger partial charge < -0.3 is 4.74 Å². The summed E-state index contributed by atoms with van der Waals surface area (Å²) in [6.07, 6.45) is 0. The minimum absolute atomic E-state index is 0.00642. The Bertz CT molecular complexity index is 882. The first-order valence-electron chi connectivity index (χ1n) is 7.39. The van der Waals surface area contributed by atoms with Gasteiger partial charge in [-0.25, -0.2) is 0 Å². The van der Waals surface area contributed by atoms with Crippen LogP contribution in [-0.4, -0.2) is 7.11 Å². The van der Waals surface area contributed by atoms with Gasteiger partial charge in [-0.2, -0.15) is 0 Å². The van der Waals surface area contributed by atoms with Crippen molar-refractivity contribution in [3.8, 4) is 4.90 Å². The van der Waals surface area contributed by atoms with Crippen molar-refractivity contribution in [2.45, 2.75) is 6.61 Å². The molecule has 0 fully saturated rings. The molecule has 0 aliphatic carbocycles. The summed E-state index contributed by atoms with van der Waals surface area (Å²) in [7, 11) is 1.74. The Morgan fingerprint density at radius 1 is 0.727 bits per heavy atom. The number of rotatable bonds is 3. The minimum atomic E-state index is 0.00642. The Labute approximate surface area is 132 Å². The van der Waals surface area contributed by atoms with E-state index in [1.54, 1.807) is 7.11 Å². The topological polar surface area (TPSA) is 9.23 Å². The van der Waals surface area contributed by atoms with Crippen molar-refractivity contribution in [2.75, 3.05) is 7.11 Å². The summed E-state index contributed by atoms with van der Waals surface area (Å²) >= 11 is 0. The van der Waals surface area contributed by atoms with Crippen LogP contribution in [0.1, 0.15) is 5.56 Å². The Morgan fingerprint density at radius 3 is 1.82 bits per heavy atom. The molecule has 108 valence electrons. The first-order chi connectivity index (χ1) is 10.9. The average molecular weight is 305 g/mol. The van der Waals surface area contributed by atoms with E-state index in [9.17, 15) is 0 Å². The molecular weight excluding hydrogens is 288 g/mol. The number of hydrogen-bond acceptors (Lipinski definition) is 1. The third-order valence-electron chi connectivity index (χ3n) is 3.97. The maximum atomic E-state index is 5.21. The third-order valence-corrected chi connectivity index (χ3v) is 6.31. The van der Waals surface area contributed by atoms with Crippen molar-refractivity contribution < 1.29 is 4.74 Å². The standard InChI is InChI=1S/C20H17OS/c1-21-14-15-10-12-16(13-11-15)22-19-8-4-2-6-17(19)18-7-3-5-9-20(18)22/h2-13H,14H2,1H3/q+1. The van der Waals surface area contributed by atoms with Gasteiger partial charge in [-0.05, 0) is 42.0 Å². The van der Waals surface area contributed by atoms with Gasteiger partial charge in [-0.3, -0.25) is 0 Å². The first-order valence-corrected chi connectivity index (χ1v) is 8.61. The van der Waals surface area contributed by atoms with Gasteiger partial charge in [0.05, 0.1) is 6.61 Å². The maximum Gasteiger partial charge on any atom is 0.187 e. The van der Waals surface area contributed by atoms with Gasteiger partial charge >= 0.3 is 0 Å². The normalized spacial score (nSPS) is 11.3. The summed E-state index contributed by atoms with van der Waals surface area (Å²) in [6.45, 7) is 0.668. The molecule has 0 saturated carbocycles. The molecule has 3 aromatic carbocycles. The van der Waals surface area contributed by atoms with Gasteiger partial charge in [0.1, 0.15) is 0 Å². The summed E-state index contributed by atoms with van der Waals surface area (Å²) < 4.78 is 8.08. The van der Waals surface area contributed by atoms with E-state index in [0.717, 1.165) is 0 Å². The van der Waals surface area contributed by atoms with Crippen molar-refractivity contribution in [1.82, 2.24) is 0 Å². The molecule has 0 bridgehead atoms. The molecule has 0 aliphatic rings. The Kier molecular flexibility index (Phi) is 3.41. The molecule has 22 heavy (non-hydrogen) atoms. The number of benzene rings is 3. The van der Waals surface area contributed by atoms with E-state index < -0.39 is 0 Å². The van der Waals surface area contributed by atoms with Gasteiger partial charge in [0.2, 0.25) is 0 Å². The molecule has 0 amide bonds. The quantitative estimate of drug-likeness (QED) is 0.430. The molecule has 2 heteroatoms. The number of fused-ring (bicyclic) bond motifs is 3. The summed E-state index contributed by atoms with van der Waals surface area (Å²) in [4.78, 5) is 1.37. The lowest BCUT2D eigenvalue weighted by Crippen LogP contribution is -1.85. The van der Waals surface area contributed by atoms with E-state index in [1.165, 1.54) is 30.6 Å². The fraction of sp³-hybridized carbons (Fsp3) is 0.100. The molecular formula is C20H17OS+. The lowest BCUT2D eigenvalue weighted by Gasteiger charge is -1.99. The number of ether oxygens (including phenoxy) is 1. The second-order valence-corrected chi connectivity index (χ2v) is 7.34. The molecule has 0 saturated heterocycles. The van der Waals surface area contributed by atoms with Gasteiger partial charge in [0.25, 0.3) is 0 Å². The molecule has 0 unspecified atom stereocenters. The van der Waals surface area contributed by atoms with Gasteiger partial charge in [-0.15, -0.1) is 0 Å². The van der Waals surface area contributed by atoms with Crippen LogP contribution in [0.25, 0.3) is 25.1 Å². The lowest BCUT2D eigenvalue weighted by atomic mass is 10.2. The SMILES string of the molecule is COCc1ccc(-[s+]2c3ccccc3c3ccccc32)cc1. The minimum Gasteiger partial charge on any atom is -0.380 e. The molecule has 0 N–H and O–H groups in total. The van der Waals surface area contributed by atoms with Crippen LogP contribution >= 0.6 is 10.5 Å². The zero-order valence-electron chi connectivity index (χ0n) is 12.5. The second kappa shape index (κ2) is 5.56. The van der Waals surface area contributed by atoms with Crippen LogP contribution in [0.5, 0.6) is 0 Å². The Balaban J connectivity index is 1.99. The number of methoxy groups -OCH3 is 1. The summed E-state index contributed by atoms with van der Waals surface area (Å²) in [6, 6.07) is 26.4. The van der Waals surface area contributed by atoms with Crippen LogP contribution in [0.15, 0.2) is 72.8 Å². The van der Waals surface area contributed by atoms with E-state index in [2.05, 4.69) is 72.8 Å². The highest BCUT2D eigenvalue weighted by molar-refractivity contribution is 7.50. The van der Waals surface area contributed by atoms with Crippen LogP contribution in [0.2, 0.25) is 0 Å².